The summed E-state index contributed by atoms with van der Waals surface area (Å²) in [4.78, 5) is 33.8. The van der Waals surface area contributed by atoms with E-state index in [0.29, 0.717) is 32.7 Å². The van der Waals surface area contributed by atoms with Crippen LogP contribution in [0.1, 0.15) is 59.1 Å². The molecular weight excluding hydrogens is 462 g/mol. The number of ether oxygens (including phenoxy) is 1. The van der Waals surface area contributed by atoms with Gasteiger partial charge in [0.05, 0.1) is 13.2 Å². The van der Waals surface area contributed by atoms with Crippen LogP contribution in [0.15, 0.2) is 54.7 Å². The zero-order valence-electron chi connectivity index (χ0n) is 23.3. The van der Waals surface area contributed by atoms with E-state index in [2.05, 4.69) is 51.7 Å². The van der Waals surface area contributed by atoms with Crippen LogP contribution in [0.3, 0.4) is 0 Å². The summed E-state index contributed by atoms with van der Waals surface area (Å²) in [6, 6.07) is 16.1. The van der Waals surface area contributed by atoms with Crippen LogP contribution >= 0.6 is 0 Å². The quantitative estimate of drug-likeness (QED) is 0.325. The highest BCUT2D eigenvalue weighted by Crippen LogP contribution is 2.22. The second kappa shape index (κ2) is 12.8. The minimum Gasteiger partial charge on any atom is -0.494 e. The Hall–Kier alpha value is -3.28. The van der Waals surface area contributed by atoms with Crippen LogP contribution in [0, 0.1) is 11.3 Å². The van der Waals surface area contributed by atoms with E-state index in [-0.39, 0.29) is 29.7 Å². The zero-order valence-corrected chi connectivity index (χ0v) is 23.3. The van der Waals surface area contributed by atoms with E-state index in [1.807, 2.05) is 54.4 Å². The number of benzene rings is 2. The molecule has 0 radical (unpaired) electrons. The van der Waals surface area contributed by atoms with Gasteiger partial charge in [0.2, 0.25) is 11.8 Å². The molecule has 0 spiro atoms. The topological polar surface area (TPSA) is 65.6 Å². The number of nitrogens with one attached hydrogen (secondary N) is 1. The highest BCUT2D eigenvalue weighted by Gasteiger charge is 2.26. The van der Waals surface area contributed by atoms with Crippen molar-refractivity contribution in [1.29, 1.82) is 0 Å². The smallest absolute Gasteiger partial charge is 0.242 e. The Morgan fingerprint density at radius 2 is 1.68 bits per heavy atom. The number of fused-ring (bicyclic) bond motifs is 1. The number of hydrogen-bond donors (Lipinski definition) is 1. The Bertz CT molecular complexity index is 1160. The maximum absolute atomic E-state index is 13.7. The van der Waals surface area contributed by atoms with Crippen molar-refractivity contribution in [3.8, 4) is 5.75 Å². The Balaban J connectivity index is 1.80. The molecule has 0 fully saturated rings. The van der Waals surface area contributed by atoms with Crippen LogP contribution in [0.4, 0.5) is 0 Å². The van der Waals surface area contributed by atoms with Gasteiger partial charge in [-0.15, -0.1) is 0 Å². The van der Waals surface area contributed by atoms with E-state index in [0.717, 1.165) is 23.3 Å². The number of amides is 2. The van der Waals surface area contributed by atoms with Gasteiger partial charge in [-0.3, -0.25) is 9.59 Å². The van der Waals surface area contributed by atoms with E-state index >= 15 is 0 Å². The number of rotatable bonds is 12. The van der Waals surface area contributed by atoms with Crippen molar-refractivity contribution in [3.63, 3.8) is 0 Å². The highest BCUT2D eigenvalue weighted by molar-refractivity contribution is 5.85. The van der Waals surface area contributed by atoms with Crippen LogP contribution in [0.25, 0.3) is 10.9 Å². The van der Waals surface area contributed by atoms with Crippen molar-refractivity contribution >= 4 is 22.7 Å². The Morgan fingerprint density at radius 3 is 2.32 bits per heavy atom. The first-order chi connectivity index (χ1) is 17.6. The van der Waals surface area contributed by atoms with Gasteiger partial charge in [-0.1, -0.05) is 65.0 Å². The molecule has 2 aromatic carbocycles. The summed E-state index contributed by atoms with van der Waals surface area (Å²) in [7, 11) is 0. The number of hydrogen-bond acceptors (Lipinski definition) is 3. The first-order valence-electron chi connectivity index (χ1n) is 13.4. The molecule has 0 unspecified atom stereocenters. The predicted molar refractivity (Wildman–Crippen MR) is 151 cm³/mol. The number of aromatic amines is 1. The lowest BCUT2D eigenvalue weighted by molar-refractivity contribution is -0.142. The lowest BCUT2D eigenvalue weighted by atomic mass is 9.91. The first kappa shape index (κ1) is 28.3. The summed E-state index contributed by atoms with van der Waals surface area (Å²) >= 11 is 0. The molecule has 0 saturated carbocycles. The summed E-state index contributed by atoms with van der Waals surface area (Å²) < 4.78 is 5.58. The Labute approximate surface area is 222 Å². The number of para-hydroxylation sites is 1. The van der Waals surface area contributed by atoms with E-state index in [1.165, 1.54) is 10.9 Å². The van der Waals surface area contributed by atoms with Crippen molar-refractivity contribution in [2.24, 2.45) is 11.3 Å². The fraction of sp³-hybridized carbons (Fsp3) is 0.484. The summed E-state index contributed by atoms with van der Waals surface area (Å²) in [6.07, 6.45) is 3.18. The molecule has 3 aromatic rings. The summed E-state index contributed by atoms with van der Waals surface area (Å²) in [5.41, 5.74) is 3.18. The van der Waals surface area contributed by atoms with Crippen LogP contribution in [0.2, 0.25) is 0 Å². The van der Waals surface area contributed by atoms with Gasteiger partial charge in [-0.05, 0) is 54.0 Å². The summed E-state index contributed by atoms with van der Waals surface area (Å²) in [5, 5.41) is 1.18. The molecule has 0 atom stereocenters. The van der Waals surface area contributed by atoms with Crippen molar-refractivity contribution in [2.75, 3.05) is 26.2 Å². The van der Waals surface area contributed by atoms with Gasteiger partial charge < -0.3 is 19.5 Å². The van der Waals surface area contributed by atoms with Crippen molar-refractivity contribution in [2.45, 2.75) is 60.9 Å². The van der Waals surface area contributed by atoms with E-state index in [1.54, 1.807) is 4.90 Å². The molecule has 1 heterocycles. The third kappa shape index (κ3) is 8.66. The molecule has 0 aliphatic rings. The van der Waals surface area contributed by atoms with Gasteiger partial charge in [0.25, 0.3) is 0 Å². The van der Waals surface area contributed by atoms with E-state index in [4.69, 9.17) is 4.74 Å². The Morgan fingerprint density at radius 1 is 0.973 bits per heavy atom. The highest BCUT2D eigenvalue weighted by atomic mass is 16.5. The third-order valence-electron chi connectivity index (χ3n) is 6.23. The van der Waals surface area contributed by atoms with Crippen LogP contribution < -0.4 is 4.74 Å². The molecular formula is C31H43N3O3. The predicted octanol–water partition coefficient (Wildman–Crippen LogP) is 6.06. The number of H-pyrrole nitrogens is 1. The molecule has 1 aromatic heterocycles. The van der Waals surface area contributed by atoms with E-state index in [9.17, 15) is 9.59 Å². The monoisotopic (exact) mass is 505 g/mol. The molecule has 6 nitrogen and oxygen atoms in total. The van der Waals surface area contributed by atoms with Crippen molar-refractivity contribution in [3.05, 3.63) is 65.9 Å². The third-order valence-corrected chi connectivity index (χ3v) is 6.23. The van der Waals surface area contributed by atoms with Gasteiger partial charge in [0.15, 0.2) is 0 Å². The fourth-order valence-electron chi connectivity index (χ4n) is 4.49. The normalized spacial score (nSPS) is 11.6. The SMILES string of the molecule is CCOc1ccc(CN(CCc2c[nH]c3ccccc23)C(=O)CN(CC(C)C)C(=O)CC(C)(C)C)cc1. The fourth-order valence-corrected chi connectivity index (χ4v) is 4.49. The minimum absolute atomic E-state index is 0.0309. The molecule has 2 amide bonds. The molecule has 1 N–H and O–H groups in total. The van der Waals surface area contributed by atoms with Gasteiger partial charge in [0.1, 0.15) is 5.75 Å². The lowest BCUT2D eigenvalue weighted by Crippen LogP contribution is -2.45. The van der Waals surface area contributed by atoms with Crippen molar-refractivity contribution in [1.82, 2.24) is 14.8 Å². The standard InChI is InChI=1S/C31H43N3O3/c1-7-37-26-14-12-24(13-15-26)21-33(17-16-25-19-32-28-11-9-8-10-27(25)28)30(36)22-34(20-23(2)3)29(35)18-31(4,5)6/h8-15,19,23,32H,7,16-18,20-22H2,1-6H3. The summed E-state index contributed by atoms with van der Waals surface area (Å²) in [5.74, 6) is 1.10. The second-order valence-corrected chi connectivity index (χ2v) is 11.4. The van der Waals surface area contributed by atoms with Gasteiger partial charge in [0, 0.05) is 43.2 Å². The maximum Gasteiger partial charge on any atom is 0.242 e. The van der Waals surface area contributed by atoms with Gasteiger partial charge in [-0.25, -0.2) is 0 Å². The lowest BCUT2D eigenvalue weighted by Gasteiger charge is -2.30. The maximum atomic E-state index is 13.7. The first-order valence-corrected chi connectivity index (χ1v) is 13.4. The number of aromatic nitrogens is 1. The number of carbonyl (C=O) groups excluding carboxylic acids is 2. The van der Waals surface area contributed by atoms with E-state index < -0.39 is 0 Å². The molecule has 3 rings (SSSR count). The van der Waals surface area contributed by atoms with Crippen LogP contribution in [-0.4, -0.2) is 52.8 Å². The molecule has 0 bridgehead atoms. The van der Waals surface area contributed by atoms with Gasteiger partial charge in [-0.2, -0.15) is 0 Å². The molecule has 0 aliphatic carbocycles. The summed E-state index contributed by atoms with van der Waals surface area (Å²) in [6.45, 7) is 14.6. The van der Waals surface area contributed by atoms with Gasteiger partial charge >= 0.3 is 0 Å². The minimum atomic E-state index is -0.132. The largest absolute Gasteiger partial charge is 0.494 e. The average Bonchev–Trinajstić information content (AvgIpc) is 3.24. The Kier molecular flexibility index (Phi) is 9.79. The number of nitrogens with zero attached hydrogens (tertiary/aromatic N) is 2. The van der Waals surface area contributed by atoms with Crippen LogP contribution in [-0.2, 0) is 22.6 Å². The average molecular weight is 506 g/mol. The second-order valence-electron chi connectivity index (χ2n) is 11.4. The molecule has 37 heavy (non-hydrogen) atoms. The molecule has 200 valence electrons. The zero-order chi connectivity index (χ0) is 27.0. The van der Waals surface area contributed by atoms with Crippen molar-refractivity contribution < 1.29 is 14.3 Å². The molecule has 0 saturated heterocycles. The van der Waals surface area contributed by atoms with Crippen LogP contribution in [0.5, 0.6) is 5.75 Å². The molecule has 6 heteroatoms. The number of carbonyl (C=O) groups is 2. The molecule has 0 aliphatic heterocycles.